The van der Waals surface area contributed by atoms with E-state index in [1.165, 1.54) is 10.9 Å². The molecule has 0 atom stereocenters. The molecule has 27 heavy (non-hydrogen) atoms. The molecule has 0 unspecified atom stereocenters. The molecule has 0 aliphatic rings. The molecule has 8 nitrogen and oxygen atoms in total. The first kappa shape index (κ1) is 18.7. The summed E-state index contributed by atoms with van der Waals surface area (Å²) < 4.78 is 6.45. The van der Waals surface area contributed by atoms with Gasteiger partial charge in [0.15, 0.2) is 0 Å². The van der Waals surface area contributed by atoms with E-state index in [4.69, 9.17) is 16.3 Å². The number of anilines is 1. The zero-order valence-corrected chi connectivity index (χ0v) is 15.6. The normalized spacial score (nSPS) is 10.6. The Morgan fingerprint density at radius 1 is 1.30 bits per heavy atom. The van der Waals surface area contributed by atoms with E-state index in [1.807, 2.05) is 0 Å². The zero-order chi connectivity index (χ0) is 19.4. The third-order valence-electron chi connectivity index (χ3n) is 3.79. The van der Waals surface area contributed by atoms with Crippen molar-refractivity contribution in [3.05, 3.63) is 58.5 Å². The Balaban J connectivity index is 1.83. The van der Waals surface area contributed by atoms with Gasteiger partial charge in [0.1, 0.15) is 22.3 Å². The molecule has 0 radical (unpaired) electrons. The molecule has 3 aromatic rings. The van der Waals surface area contributed by atoms with Crippen LogP contribution in [0.3, 0.4) is 0 Å². The van der Waals surface area contributed by atoms with Gasteiger partial charge in [-0.3, -0.25) is 0 Å². The van der Waals surface area contributed by atoms with Crippen molar-refractivity contribution < 1.29 is 14.6 Å². The minimum Gasteiger partial charge on any atom is -0.508 e. The van der Waals surface area contributed by atoms with Crippen molar-refractivity contribution in [3.63, 3.8) is 0 Å². The van der Waals surface area contributed by atoms with E-state index in [0.29, 0.717) is 23.6 Å². The zero-order valence-electron chi connectivity index (χ0n) is 14.8. The van der Waals surface area contributed by atoms with E-state index in [-0.39, 0.29) is 23.5 Å². The summed E-state index contributed by atoms with van der Waals surface area (Å²) in [4.78, 5) is 20.5. The van der Waals surface area contributed by atoms with E-state index in [2.05, 4.69) is 20.4 Å². The Bertz CT molecular complexity index is 956. The Morgan fingerprint density at radius 2 is 2.04 bits per heavy atom. The number of carbonyl (C=O) groups excluding carboxylic acids is 1. The average molecular weight is 388 g/mol. The summed E-state index contributed by atoms with van der Waals surface area (Å²) >= 11 is 6.12. The fourth-order valence-electron chi connectivity index (χ4n) is 2.42. The molecule has 2 N–H and O–H groups in total. The van der Waals surface area contributed by atoms with Crippen LogP contribution in [0.1, 0.15) is 28.5 Å². The number of nitrogens with zero attached hydrogens (tertiary/aromatic N) is 4. The maximum atomic E-state index is 12.0. The van der Waals surface area contributed by atoms with Crippen LogP contribution < -0.4 is 5.32 Å². The van der Waals surface area contributed by atoms with Gasteiger partial charge < -0.3 is 15.2 Å². The largest absolute Gasteiger partial charge is 0.508 e. The van der Waals surface area contributed by atoms with Crippen molar-refractivity contribution in [1.29, 1.82) is 0 Å². The monoisotopic (exact) mass is 387 g/mol. The first-order valence-corrected chi connectivity index (χ1v) is 8.64. The fourth-order valence-corrected chi connectivity index (χ4v) is 2.60. The summed E-state index contributed by atoms with van der Waals surface area (Å²) in [5.74, 6) is 0.501. The quantitative estimate of drug-likeness (QED) is 0.494. The van der Waals surface area contributed by atoms with Crippen molar-refractivity contribution >= 4 is 23.4 Å². The summed E-state index contributed by atoms with van der Waals surface area (Å²) in [5, 5.41) is 16.9. The lowest BCUT2D eigenvalue weighted by Gasteiger charge is -2.09. The second-order valence-electron chi connectivity index (χ2n) is 5.67. The van der Waals surface area contributed by atoms with Crippen molar-refractivity contribution in [2.24, 2.45) is 0 Å². The number of rotatable bonds is 6. The number of hydrogen-bond donors (Lipinski definition) is 2. The summed E-state index contributed by atoms with van der Waals surface area (Å²) in [6.45, 7) is 4.23. The van der Waals surface area contributed by atoms with Gasteiger partial charge in [-0.05, 0) is 31.5 Å². The lowest BCUT2D eigenvalue weighted by molar-refractivity contribution is 0.0525. The van der Waals surface area contributed by atoms with Crippen LogP contribution in [0.4, 0.5) is 5.82 Å². The molecule has 0 aliphatic heterocycles. The first-order valence-electron chi connectivity index (χ1n) is 8.26. The molecule has 0 saturated heterocycles. The Morgan fingerprint density at radius 3 is 2.74 bits per heavy atom. The van der Waals surface area contributed by atoms with Gasteiger partial charge in [0.05, 0.1) is 18.5 Å². The van der Waals surface area contributed by atoms with E-state index in [0.717, 1.165) is 5.56 Å². The van der Waals surface area contributed by atoms with E-state index < -0.39 is 5.97 Å². The average Bonchev–Trinajstić information content (AvgIpc) is 3.02. The predicted octanol–water partition coefficient (Wildman–Crippen LogP) is 3.12. The van der Waals surface area contributed by atoms with Crippen LogP contribution in [0.15, 0.2) is 36.5 Å². The second kappa shape index (κ2) is 8.05. The van der Waals surface area contributed by atoms with Crippen LogP contribution in [-0.4, -0.2) is 37.4 Å². The number of hydrogen-bond acceptors (Lipinski definition) is 7. The Hall–Kier alpha value is -3.13. The van der Waals surface area contributed by atoms with Crippen LogP contribution in [-0.2, 0) is 11.3 Å². The molecule has 9 heteroatoms. The van der Waals surface area contributed by atoms with Gasteiger partial charge in [-0.15, -0.1) is 0 Å². The number of ether oxygens (including phenoxy) is 1. The molecule has 140 valence electrons. The highest BCUT2D eigenvalue weighted by Gasteiger charge is 2.18. The number of phenols is 1. The SMILES string of the molecule is CCOC(=O)c1cnn(-c2nc(Cl)cc(NCc3ccc(O)cc3)n2)c1C. The van der Waals surface area contributed by atoms with Gasteiger partial charge in [-0.25, -0.2) is 9.48 Å². The molecule has 0 spiro atoms. The van der Waals surface area contributed by atoms with Crippen LogP contribution >= 0.6 is 11.6 Å². The molecule has 0 bridgehead atoms. The van der Waals surface area contributed by atoms with Gasteiger partial charge in [-0.1, -0.05) is 23.7 Å². The van der Waals surface area contributed by atoms with Crippen LogP contribution in [0.25, 0.3) is 5.95 Å². The van der Waals surface area contributed by atoms with Crippen molar-refractivity contribution in [1.82, 2.24) is 19.7 Å². The number of phenolic OH excluding ortho intramolecular Hbond substituents is 1. The van der Waals surface area contributed by atoms with Crippen molar-refractivity contribution in [3.8, 4) is 11.7 Å². The first-order chi connectivity index (χ1) is 13.0. The summed E-state index contributed by atoms with van der Waals surface area (Å²) in [7, 11) is 0. The summed E-state index contributed by atoms with van der Waals surface area (Å²) in [6.07, 6.45) is 1.42. The smallest absolute Gasteiger partial charge is 0.341 e. The lowest BCUT2D eigenvalue weighted by Crippen LogP contribution is -2.10. The van der Waals surface area contributed by atoms with Gasteiger partial charge in [-0.2, -0.15) is 15.1 Å². The van der Waals surface area contributed by atoms with Crippen LogP contribution in [0.5, 0.6) is 5.75 Å². The van der Waals surface area contributed by atoms with Gasteiger partial charge in [0.25, 0.3) is 5.95 Å². The molecular formula is C18H18ClN5O3. The molecule has 2 aromatic heterocycles. The molecule has 0 saturated carbocycles. The van der Waals surface area contributed by atoms with Gasteiger partial charge in [0.2, 0.25) is 0 Å². The Labute approximate surface area is 160 Å². The summed E-state index contributed by atoms with van der Waals surface area (Å²) in [5.41, 5.74) is 1.86. The fraction of sp³-hybridized carbons (Fsp3) is 0.222. The van der Waals surface area contributed by atoms with Crippen LogP contribution in [0, 0.1) is 6.92 Å². The van der Waals surface area contributed by atoms with Crippen molar-refractivity contribution in [2.45, 2.75) is 20.4 Å². The third kappa shape index (κ3) is 4.35. The molecular weight excluding hydrogens is 370 g/mol. The number of nitrogens with one attached hydrogen (secondary N) is 1. The number of aromatic nitrogens is 4. The molecule has 1 aromatic carbocycles. The van der Waals surface area contributed by atoms with Gasteiger partial charge in [0, 0.05) is 12.6 Å². The number of halogens is 1. The highest BCUT2D eigenvalue weighted by molar-refractivity contribution is 6.29. The maximum Gasteiger partial charge on any atom is 0.341 e. The van der Waals surface area contributed by atoms with E-state index >= 15 is 0 Å². The highest BCUT2D eigenvalue weighted by Crippen LogP contribution is 2.18. The van der Waals surface area contributed by atoms with E-state index in [9.17, 15) is 9.90 Å². The maximum absolute atomic E-state index is 12.0. The third-order valence-corrected chi connectivity index (χ3v) is 3.98. The number of benzene rings is 1. The number of carbonyl (C=O) groups is 1. The second-order valence-corrected chi connectivity index (χ2v) is 6.06. The van der Waals surface area contributed by atoms with E-state index in [1.54, 1.807) is 44.2 Å². The standard InChI is InChI=1S/C18H18ClN5O3/c1-3-27-17(26)14-10-21-24(11(14)2)18-22-15(19)8-16(23-18)20-9-12-4-6-13(25)7-5-12/h4-8,10,25H,3,9H2,1-2H3,(H,20,22,23). The molecule has 0 aliphatic carbocycles. The highest BCUT2D eigenvalue weighted by atomic mass is 35.5. The number of esters is 1. The topological polar surface area (TPSA) is 102 Å². The molecule has 0 fully saturated rings. The Kier molecular flexibility index (Phi) is 5.56. The van der Waals surface area contributed by atoms with Crippen LogP contribution in [0.2, 0.25) is 5.15 Å². The minimum absolute atomic E-state index is 0.206. The molecule has 0 amide bonds. The van der Waals surface area contributed by atoms with Gasteiger partial charge >= 0.3 is 5.97 Å². The minimum atomic E-state index is -0.450. The number of aromatic hydroxyl groups is 1. The molecule has 2 heterocycles. The lowest BCUT2D eigenvalue weighted by atomic mass is 10.2. The molecule has 3 rings (SSSR count). The van der Waals surface area contributed by atoms with Crippen molar-refractivity contribution in [2.75, 3.05) is 11.9 Å². The summed E-state index contributed by atoms with van der Waals surface area (Å²) in [6, 6.07) is 8.42. The predicted molar refractivity (Wildman–Crippen MR) is 100 cm³/mol.